The van der Waals surface area contributed by atoms with Crippen LogP contribution in [0.4, 0.5) is 5.82 Å². The molecule has 6 nitrogen and oxygen atoms in total. The summed E-state index contributed by atoms with van der Waals surface area (Å²) in [5.41, 5.74) is 0.243. The number of carboxylic acid groups (broad SMARTS) is 1. The first-order valence-corrected chi connectivity index (χ1v) is 4.66. The molecule has 2 heterocycles. The number of hydrogen-bond donors (Lipinski definition) is 1. The Bertz CT molecular complexity index is 382. The molecule has 6 heteroatoms. The highest BCUT2D eigenvalue weighted by molar-refractivity contribution is 5.93. The van der Waals surface area contributed by atoms with Crippen molar-refractivity contribution in [3.8, 4) is 0 Å². The van der Waals surface area contributed by atoms with Crippen LogP contribution in [-0.4, -0.2) is 47.2 Å². The van der Waals surface area contributed by atoms with Crippen LogP contribution in [0.2, 0.25) is 0 Å². The molecule has 0 aromatic carbocycles. The SMILES string of the molecule is COC1CN(c2nn(C)cc2C(=O)O)C1. The summed E-state index contributed by atoms with van der Waals surface area (Å²) in [4.78, 5) is 12.8. The van der Waals surface area contributed by atoms with Crippen LogP contribution in [0.15, 0.2) is 6.20 Å². The van der Waals surface area contributed by atoms with Crippen molar-refractivity contribution >= 4 is 11.8 Å². The maximum absolute atomic E-state index is 10.9. The molecular weight excluding hydrogens is 198 g/mol. The van der Waals surface area contributed by atoms with Gasteiger partial charge in [0.1, 0.15) is 5.56 Å². The predicted molar refractivity (Wildman–Crippen MR) is 53.2 cm³/mol. The average molecular weight is 211 g/mol. The molecule has 15 heavy (non-hydrogen) atoms. The minimum absolute atomic E-state index is 0.189. The molecule has 82 valence electrons. The van der Waals surface area contributed by atoms with E-state index >= 15 is 0 Å². The lowest BCUT2D eigenvalue weighted by molar-refractivity contribution is 0.0687. The lowest BCUT2D eigenvalue weighted by Gasteiger charge is -2.38. The summed E-state index contributed by atoms with van der Waals surface area (Å²) >= 11 is 0. The van der Waals surface area contributed by atoms with E-state index in [1.807, 2.05) is 4.90 Å². The van der Waals surface area contributed by atoms with E-state index in [4.69, 9.17) is 9.84 Å². The summed E-state index contributed by atoms with van der Waals surface area (Å²) in [5.74, 6) is -0.419. The molecule has 0 spiro atoms. The molecule has 1 fully saturated rings. The maximum atomic E-state index is 10.9. The molecule has 1 aliphatic rings. The van der Waals surface area contributed by atoms with E-state index in [9.17, 15) is 4.79 Å². The minimum atomic E-state index is -0.945. The largest absolute Gasteiger partial charge is 0.477 e. The molecule has 0 radical (unpaired) electrons. The summed E-state index contributed by atoms with van der Waals surface area (Å²) in [6, 6.07) is 0. The number of methoxy groups -OCH3 is 1. The lowest BCUT2D eigenvalue weighted by Crippen LogP contribution is -2.52. The number of hydrogen-bond acceptors (Lipinski definition) is 4. The zero-order valence-electron chi connectivity index (χ0n) is 8.67. The number of ether oxygens (including phenoxy) is 1. The van der Waals surface area contributed by atoms with Crippen molar-refractivity contribution in [2.24, 2.45) is 7.05 Å². The third-order valence-electron chi connectivity index (χ3n) is 2.52. The van der Waals surface area contributed by atoms with E-state index in [-0.39, 0.29) is 11.7 Å². The summed E-state index contributed by atoms with van der Waals surface area (Å²) < 4.78 is 6.63. The van der Waals surface area contributed by atoms with Crippen LogP contribution in [0.1, 0.15) is 10.4 Å². The highest BCUT2D eigenvalue weighted by Crippen LogP contribution is 2.24. The molecule has 1 aromatic rings. The van der Waals surface area contributed by atoms with Crippen LogP contribution in [-0.2, 0) is 11.8 Å². The van der Waals surface area contributed by atoms with Crippen LogP contribution in [0.5, 0.6) is 0 Å². The van der Waals surface area contributed by atoms with Gasteiger partial charge < -0.3 is 14.7 Å². The maximum Gasteiger partial charge on any atom is 0.341 e. The number of anilines is 1. The Balaban J connectivity index is 2.18. The van der Waals surface area contributed by atoms with E-state index in [1.54, 1.807) is 14.2 Å². The number of carboxylic acids is 1. The Morgan fingerprint density at radius 1 is 1.67 bits per heavy atom. The first-order valence-electron chi connectivity index (χ1n) is 4.66. The second-order valence-electron chi connectivity index (χ2n) is 3.61. The Morgan fingerprint density at radius 2 is 2.33 bits per heavy atom. The van der Waals surface area contributed by atoms with E-state index in [0.717, 1.165) is 0 Å². The molecule has 0 unspecified atom stereocenters. The quantitative estimate of drug-likeness (QED) is 0.759. The number of nitrogens with zero attached hydrogens (tertiary/aromatic N) is 3. The zero-order valence-corrected chi connectivity index (χ0v) is 8.67. The fourth-order valence-corrected chi connectivity index (χ4v) is 1.62. The van der Waals surface area contributed by atoms with Crippen molar-refractivity contribution in [3.05, 3.63) is 11.8 Å². The Hall–Kier alpha value is -1.56. The second kappa shape index (κ2) is 3.54. The van der Waals surface area contributed by atoms with Gasteiger partial charge in [0, 0.05) is 33.4 Å². The second-order valence-corrected chi connectivity index (χ2v) is 3.61. The van der Waals surface area contributed by atoms with E-state index in [1.165, 1.54) is 10.9 Å². The molecule has 1 aliphatic heterocycles. The topological polar surface area (TPSA) is 67.6 Å². The van der Waals surface area contributed by atoms with Crippen LogP contribution in [0.25, 0.3) is 0 Å². The molecule has 0 bridgehead atoms. The van der Waals surface area contributed by atoms with Gasteiger partial charge in [-0.25, -0.2) is 4.79 Å². The van der Waals surface area contributed by atoms with Crippen molar-refractivity contribution in [1.29, 1.82) is 0 Å². The van der Waals surface area contributed by atoms with Gasteiger partial charge in [-0.15, -0.1) is 0 Å². The van der Waals surface area contributed by atoms with Gasteiger partial charge in [0.05, 0.1) is 6.10 Å². The van der Waals surface area contributed by atoms with Crippen LogP contribution < -0.4 is 4.90 Å². The van der Waals surface area contributed by atoms with E-state index in [0.29, 0.717) is 18.9 Å². The Morgan fingerprint density at radius 3 is 2.87 bits per heavy atom. The smallest absolute Gasteiger partial charge is 0.341 e. The van der Waals surface area contributed by atoms with Gasteiger partial charge in [0.25, 0.3) is 0 Å². The molecule has 2 rings (SSSR count). The first kappa shape index (κ1) is 9.97. The van der Waals surface area contributed by atoms with Crippen molar-refractivity contribution in [3.63, 3.8) is 0 Å². The molecule has 1 saturated heterocycles. The molecule has 0 saturated carbocycles. The molecule has 0 atom stereocenters. The van der Waals surface area contributed by atoms with Crippen LogP contribution >= 0.6 is 0 Å². The third kappa shape index (κ3) is 1.68. The summed E-state index contributed by atoms with van der Waals surface area (Å²) in [6.07, 6.45) is 1.70. The summed E-state index contributed by atoms with van der Waals surface area (Å²) in [7, 11) is 3.36. The van der Waals surface area contributed by atoms with Gasteiger partial charge in [0.2, 0.25) is 0 Å². The normalized spacial score (nSPS) is 16.5. The molecule has 1 N–H and O–H groups in total. The van der Waals surface area contributed by atoms with Crippen molar-refractivity contribution in [1.82, 2.24) is 9.78 Å². The average Bonchev–Trinajstić information content (AvgIpc) is 2.45. The van der Waals surface area contributed by atoms with E-state index < -0.39 is 5.97 Å². The lowest BCUT2D eigenvalue weighted by atomic mass is 10.1. The predicted octanol–water partition coefficient (Wildman–Crippen LogP) is -0.0467. The van der Waals surface area contributed by atoms with Crippen LogP contribution in [0.3, 0.4) is 0 Å². The molecule has 0 aliphatic carbocycles. The van der Waals surface area contributed by atoms with Gasteiger partial charge in [-0.05, 0) is 0 Å². The number of rotatable bonds is 3. The number of aryl methyl sites for hydroxylation is 1. The minimum Gasteiger partial charge on any atom is -0.477 e. The van der Waals surface area contributed by atoms with Crippen molar-refractivity contribution in [2.75, 3.05) is 25.1 Å². The highest BCUT2D eigenvalue weighted by atomic mass is 16.5. The Labute approximate surface area is 87.1 Å². The highest BCUT2D eigenvalue weighted by Gasteiger charge is 2.31. The Kier molecular flexibility index (Phi) is 2.36. The summed E-state index contributed by atoms with van der Waals surface area (Å²) in [5, 5.41) is 13.1. The fourth-order valence-electron chi connectivity index (χ4n) is 1.62. The molecule has 0 amide bonds. The fraction of sp³-hybridized carbons (Fsp3) is 0.556. The van der Waals surface area contributed by atoms with Crippen molar-refractivity contribution in [2.45, 2.75) is 6.10 Å². The number of carbonyl (C=O) groups is 1. The number of aromatic nitrogens is 2. The van der Waals surface area contributed by atoms with Crippen molar-refractivity contribution < 1.29 is 14.6 Å². The van der Waals surface area contributed by atoms with Gasteiger partial charge in [0.15, 0.2) is 5.82 Å². The number of aromatic carboxylic acids is 1. The zero-order chi connectivity index (χ0) is 11.0. The third-order valence-corrected chi connectivity index (χ3v) is 2.52. The standard InChI is InChI=1S/C9H13N3O3/c1-11-5-7(9(13)14)8(10-11)12-3-6(4-12)15-2/h5-6H,3-4H2,1-2H3,(H,13,14). The van der Waals surface area contributed by atoms with E-state index in [2.05, 4.69) is 5.10 Å². The van der Waals surface area contributed by atoms with Crippen LogP contribution in [0, 0.1) is 0 Å². The molecular formula is C9H13N3O3. The monoisotopic (exact) mass is 211 g/mol. The molecule has 1 aromatic heterocycles. The summed E-state index contributed by atoms with van der Waals surface area (Å²) in [6.45, 7) is 1.40. The van der Waals surface area contributed by atoms with Gasteiger partial charge in [-0.2, -0.15) is 5.10 Å². The first-order chi connectivity index (χ1) is 7.11. The van der Waals surface area contributed by atoms with Gasteiger partial charge in [-0.3, -0.25) is 4.68 Å². The van der Waals surface area contributed by atoms with Gasteiger partial charge in [-0.1, -0.05) is 0 Å². The van der Waals surface area contributed by atoms with Gasteiger partial charge >= 0.3 is 5.97 Å².